The Morgan fingerprint density at radius 3 is 2.59 bits per heavy atom. The first-order valence-corrected chi connectivity index (χ1v) is 11.0. The number of alkyl halides is 3. The van der Waals surface area contributed by atoms with Crippen molar-refractivity contribution in [3.05, 3.63) is 53.5 Å². The third-order valence-corrected chi connectivity index (χ3v) is 4.63. The molecule has 0 atom stereocenters. The van der Waals surface area contributed by atoms with Crippen LogP contribution in [-0.4, -0.2) is 55.0 Å². The molecule has 2 aromatic rings. The molecule has 14 heteroatoms. The number of carbonyl (C=O) groups is 2. The fourth-order valence-electron chi connectivity index (χ4n) is 2.20. The molecule has 0 spiro atoms. The number of carbonyl (C=O) groups excluding carboxylic acids is 2. The average Bonchev–Trinajstić information content (AvgIpc) is 2.71. The van der Waals surface area contributed by atoms with Crippen LogP contribution in [0.15, 0.2) is 36.7 Å². The lowest BCUT2D eigenvalue weighted by molar-refractivity contribution is -0.207. The average molecular weight is 476 g/mol. The van der Waals surface area contributed by atoms with Crippen molar-refractivity contribution in [1.82, 2.24) is 20.8 Å². The van der Waals surface area contributed by atoms with Crippen molar-refractivity contribution in [2.75, 3.05) is 18.6 Å². The van der Waals surface area contributed by atoms with E-state index in [1.54, 1.807) is 24.3 Å². The molecule has 1 amide bonds. The van der Waals surface area contributed by atoms with E-state index in [9.17, 15) is 31.2 Å². The maximum Gasteiger partial charge on any atom is 0.492 e. The molecule has 10 nitrogen and oxygen atoms in total. The van der Waals surface area contributed by atoms with E-state index < -0.39 is 27.9 Å². The Morgan fingerprint density at radius 1 is 1.16 bits per heavy atom. The summed E-state index contributed by atoms with van der Waals surface area (Å²) in [5.74, 6) is -2.91. The number of ether oxygens (including phenoxy) is 1. The molecule has 2 N–H and O–H groups in total. The number of nitrogens with one attached hydrogen (secondary N) is 2. The molecule has 0 aliphatic rings. The minimum atomic E-state index is -5.12. The predicted molar refractivity (Wildman–Crippen MR) is 104 cm³/mol. The zero-order valence-electron chi connectivity index (χ0n) is 16.7. The number of nitrogens with zero attached hydrogens (tertiary/aromatic N) is 2. The van der Waals surface area contributed by atoms with E-state index in [4.69, 9.17) is 4.74 Å². The number of sulfone groups is 1. The number of aromatic nitrogens is 2. The van der Waals surface area contributed by atoms with Gasteiger partial charge in [-0.1, -0.05) is 12.1 Å². The molecule has 32 heavy (non-hydrogen) atoms. The number of benzene rings is 1. The standard InChI is InChI=1S/C18H19F3N4O6S/c1-32(28,29)6-5-22-16(26)13-4-2-3-12(7-13)10-30-15-8-14(23-11-24-15)9-25-31-17(27)18(19,20)21/h2-4,7-8,11,25H,5-6,9-10H2,1H3,(H,22,26). The summed E-state index contributed by atoms with van der Waals surface area (Å²) in [6.45, 7) is -0.324. The summed E-state index contributed by atoms with van der Waals surface area (Å²) in [4.78, 5) is 34.3. The molecule has 1 heterocycles. The van der Waals surface area contributed by atoms with Gasteiger partial charge in [-0.25, -0.2) is 23.2 Å². The monoisotopic (exact) mass is 476 g/mol. The highest BCUT2D eigenvalue weighted by atomic mass is 32.2. The third kappa shape index (κ3) is 8.85. The molecule has 0 saturated carbocycles. The SMILES string of the molecule is CS(=O)(=O)CCNC(=O)c1cccc(COc2cc(CNOC(=O)C(F)(F)F)ncn2)c1. The van der Waals surface area contributed by atoms with Crippen LogP contribution in [0.25, 0.3) is 0 Å². The number of hydroxylamine groups is 1. The van der Waals surface area contributed by atoms with Crippen LogP contribution in [0.5, 0.6) is 5.88 Å². The van der Waals surface area contributed by atoms with Gasteiger partial charge < -0.3 is 14.9 Å². The number of halogens is 3. The Morgan fingerprint density at radius 2 is 1.91 bits per heavy atom. The lowest BCUT2D eigenvalue weighted by Crippen LogP contribution is -2.31. The van der Waals surface area contributed by atoms with Gasteiger partial charge in [-0.05, 0) is 17.7 Å². The van der Waals surface area contributed by atoms with Gasteiger partial charge in [-0.2, -0.15) is 13.2 Å². The van der Waals surface area contributed by atoms with E-state index in [2.05, 4.69) is 20.1 Å². The second-order valence-corrected chi connectivity index (χ2v) is 8.69. The smallest absolute Gasteiger partial charge is 0.473 e. The lowest BCUT2D eigenvalue weighted by Gasteiger charge is -2.09. The summed E-state index contributed by atoms with van der Waals surface area (Å²) in [5.41, 5.74) is 2.97. The Kier molecular flexibility index (Phi) is 8.48. The zero-order chi connectivity index (χ0) is 23.8. The maximum atomic E-state index is 12.1. The topological polar surface area (TPSA) is 137 Å². The largest absolute Gasteiger partial charge is 0.492 e. The molecule has 2 rings (SSSR count). The number of rotatable bonds is 10. The van der Waals surface area contributed by atoms with E-state index in [0.29, 0.717) is 11.1 Å². The number of amides is 1. The van der Waals surface area contributed by atoms with Crippen molar-refractivity contribution in [3.63, 3.8) is 0 Å². The molecule has 0 fully saturated rings. The van der Waals surface area contributed by atoms with Crippen LogP contribution >= 0.6 is 0 Å². The van der Waals surface area contributed by atoms with Crippen LogP contribution in [0.4, 0.5) is 13.2 Å². The summed E-state index contributed by atoms with van der Waals surface area (Å²) in [6.07, 6.45) is -2.93. The molecular formula is C18H19F3N4O6S. The number of hydrogen-bond donors (Lipinski definition) is 2. The zero-order valence-corrected chi connectivity index (χ0v) is 17.5. The van der Waals surface area contributed by atoms with E-state index >= 15 is 0 Å². The van der Waals surface area contributed by atoms with Crippen LogP contribution in [0, 0.1) is 0 Å². The second kappa shape index (κ2) is 10.9. The highest BCUT2D eigenvalue weighted by Crippen LogP contribution is 2.16. The van der Waals surface area contributed by atoms with Gasteiger partial charge in [0, 0.05) is 24.4 Å². The molecule has 0 bridgehead atoms. The third-order valence-electron chi connectivity index (χ3n) is 3.68. The van der Waals surface area contributed by atoms with E-state index in [0.717, 1.165) is 12.6 Å². The summed E-state index contributed by atoms with van der Waals surface area (Å²) in [5, 5.41) is 2.51. The summed E-state index contributed by atoms with van der Waals surface area (Å²) >= 11 is 0. The van der Waals surface area contributed by atoms with Crippen LogP contribution in [0.1, 0.15) is 21.6 Å². The van der Waals surface area contributed by atoms with Crippen LogP contribution in [0.3, 0.4) is 0 Å². The molecular weight excluding hydrogens is 457 g/mol. The molecule has 0 unspecified atom stereocenters. The van der Waals surface area contributed by atoms with Crippen molar-refractivity contribution in [2.24, 2.45) is 0 Å². The first-order valence-electron chi connectivity index (χ1n) is 8.93. The van der Waals surface area contributed by atoms with E-state index in [1.807, 2.05) is 5.48 Å². The Balaban J connectivity index is 1.88. The summed E-state index contributed by atoms with van der Waals surface area (Å²) in [6, 6.07) is 7.74. The normalized spacial score (nSPS) is 11.6. The first kappa shape index (κ1) is 25.0. The van der Waals surface area contributed by atoms with Gasteiger partial charge in [0.2, 0.25) is 5.88 Å². The van der Waals surface area contributed by atoms with Gasteiger partial charge in [-0.15, -0.1) is 5.48 Å². The Hall–Kier alpha value is -3.26. The van der Waals surface area contributed by atoms with Gasteiger partial charge >= 0.3 is 12.1 Å². The van der Waals surface area contributed by atoms with Crippen LogP contribution < -0.4 is 15.5 Å². The Bertz CT molecular complexity index is 1060. The molecule has 174 valence electrons. The molecule has 1 aromatic carbocycles. The fourth-order valence-corrected chi connectivity index (χ4v) is 2.67. The molecule has 1 aromatic heterocycles. The van der Waals surface area contributed by atoms with E-state index in [-0.39, 0.29) is 37.0 Å². The fraction of sp³-hybridized carbons (Fsp3) is 0.333. The van der Waals surface area contributed by atoms with Crippen molar-refractivity contribution in [1.29, 1.82) is 0 Å². The molecule has 0 aliphatic carbocycles. The minimum Gasteiger partial charge on any atom is -0.473 e. The van der Waals surface area contributed by atoms with Gasteiger partial charge in [0.15, 0.2) is 0 Å². The van der Waals surface area contributed by atoms with Crippen molar-refractivity contribution < 1.29 is 40.8 Å². The van der Waals surface area contributed by atoms with Crippen LogP contribution in [-0.2, 0) is 32.6 Å². The van der Waals surface area contributed by atoms with Crippen molar-refractivity contribution >= 4 is 21.7 Å². The van der Waals surface area contributed by atoms with E-state index in [1.165, 1.54) is 6.07 Å². The van der Waals surface area contributed by atoms with Gasteiger partial charge in [-0.3, -0.25) is 4.79 Å². The van der Waals surface area contributed by atoms with Crippen LogP contribution in [0.2, 0.25) is 0 Å². The van der Waals surface area contributed by atoms with Crippen molar-refractivity contribution in [3.8, 4) is 5.88 Å². The quantitative estimate of drug-likeness (QED) is 0.480. The highest BCUT2D eigenvalue weighted by molar-refractivity contribution is 7.90. The van der Waals surface area contributed by atoms with Crippen molar-refractivity contribution in [2.45, 2.75) is 19.3 Å². The van der Waals surface area contributed by atoms with Gasteiger partial charge in [0.1, 0.15) is 22.8 Å². The van der Waals surface area contributed by atoms with Gasteiger partial charge in [0.25, 0.3) is 5.91 Å². The molecule has 0 radical (unpaired) electrons. The summed E-state index contributed by atoms with van der Waals surface area (Å²) in [7, 11) is -3.20. The Labute approximate surface area is 181 Å². The first-order chi connectivity index (χ1) is 14.9. The molecule has 0 saturated heterocycles. The highest BCUT2D eigenvalue weighted by Gasteiger charge is 2.41. The maximum absolute atomic E-state index is 12.1. The number of hydrogen-bond acceptors (Lipinski definition) is 9. The molecule has 0 aliphatic heterocycles. The minimum absolute atomic E-state index is 0.0113. The summed E-state index contributed by atoms with van der Waals surface area (Å²) < 4.78 is 64.0. The lowest BCUT2D eigenvalue weighted by atomic mass is 10.1. The predicted octanol–water partition coefficient (Wildman–Crippen LogP) is 0.940. The van der Waals surface area contributed by atoms with Gasteiger partial charge in [0.05, 0.1) is 18.0 Å². The second-order valence-electron chi connectivity index (χ2n) is 6.43.